The molecular weight excluding hydrogens is 674 g/mol. The van der Waals surface area contributed by atoms with Gasteiger partial charge in [0.25, 0.3) is 5.89 Å². The lowest BCUT2D eigenvalue weighted by Gasteiger charge is -2.31. The normalized spacial score (nSPS) is 20.3. The Morgan fingerprint density at radius 3 is 2.62 bits per heavy atom. The van der Waals surface area contributed by atoms with Gasteiger partial charge in [-0.1, -0.05) is 42.4 Å². The first kappa shape index (κ1) is 35.7. The van der Waals surface area contributed by atoms with E-state index in [1.54, 1.807) is 6.92 Å². The Balaban J connectivity index is 1.01. The van der Waals surface area contributed by atoms with Crippen LogP contribution in [-0.4, -0.2) is 89.0 Å². The molecule has 0 spiro atoms. The van der Waals surface area contributed by atoms with Crippen molar-refractivity contribution >= 4 is 6.09 Å². The third-order valence-electron chi connectivity index (χ3n) is 9.39. The fourth-order valence-electron chi connectivity index (χ4n) is 6.89. The lowest BCUT2D eigenvalue weighted by Crippen LogP contribution is -2.50. The van der Waals surface area contributed by atoms with E-state index in [2.05, 4.69) is 39.4 Å². The second-order valence-corrected chi connectivity index (χ2v) is 13.9. The molecule has 4 aromatic rings. The van der Waals surface area contributed by atoms with Crippen LogP contribution in [0.3, 0.4) is 0 Å². The van der Waals surface area contributed by atoms with Crippen molar-refractivity contribution in [1.29, 1.82) is 0 Å². The van der Waals surface area contributed by atoms with Gasteiger partial charge in [-0.3, -0.25) is 4.90 Å². The zero-order valence-electron chi connectivity index (χ0n) is 29.8. The molecule has 5 unspecified atom stereocenters. The molecular formula is C37H45N5O10. The minimum atomic E-state index is -0.927. The van der Waals surface area contributed by atoms with Crippen LogP contribution in [0.4, 0.5) is 4.79 Å². The van der Waals surface area contributed by atoms with Crippen LogP contribution in [0.15, 0.2) is 51.5 Å². The van der Waals surface area contributed by atoms with E-state index >= 15 is 0 Å². The molecule has 0 radical (unpaired) electrons. The molecule has 3 aliphatic rings. The number of carbonyl (C=O) groups excluding carboxylic acids is 1. The molecule has 1 amide bonds. The van der Waals surface area contributed by atoms with E-state index in [1.807, 2.05) is 49.4 Å². The Labute approximate surface area is 301 Å². The van der Waals surface area contributed by atoms with Crippen molar-refractivity contribution < 1.29 is 47.4 Å². The second-order valence-electron chi connectivity index (χ2n) is 13.9. The molecule has 5 atom stereocenters. The molecule has 0 aliphatic carbocycles. The maximum absolute atomic E-state index is 13.3. The Hall–Kier alpha value is -4.70. The number of aryl methyl sites for hydroxylation is 2. The predicted octanol–water partition coefficient (Wildman–Crippen LogP) is 4.57. The molecule has 2 N–H and O–H groups in total. The molecule has 278 valence electrons. The Morgan fingerprint density at radius 1 is 1.02 bits per heavy atom. The summed E-state index contributed by atoms with van der Waals surface area (Å²) in [5.74, 6) is 3.65. The quantitative estimate of drug-likeness (QED) is 0.175. The number of rotatable bonds is 15. The largest absolute Gasteiger partial charge is 0.485 e. The number of alkyl carbamates (subject to hydrolysis) is 1. The minimum Gasteiger partial charge on any atom is -0.485 e. The van der Waals surface area contributed by atoms with Crippen LogP contribution >= 0.6 is 0 Å². The Kier molecular flexibility index (Phi) is 10.9. The fraction of sp³-hybridized carbons (Fsp3) is 0.514. The summed E-state index contributed by atoms with van der Waals surface area (Å²) in [6, 6.07) is 12.7. The van der Waals surface area contributed by atoms with Gasteiger partial charge in [-0.05, 0) is 68.0 Å². The van der Waals surface area contributed by atoms with Gasteiger partial charge < -0.3 is 47.9 Å². The number of amides is 1. The zero-order valence-corrected chi connectivity index (χ0v) is 29.8. The smallest absolute Gasteiger partial charge is 0.407 e. The summed E-state index contributed by atoms with van der Waals surface area (Å²) in [6.07, 6.45) is -1.17. The first-order chi connectivity index (χ1) is 25.2. The van der Waals surface area contributed by atoms with Gasteiger partial charge in [0, 0.05) is 19.6 Å². The van der Waals surface area contributed by atoms with E-state index < -0.39 is 24.3 Å². The van der Waals surface area contributed by atoms with Crippen LogP contribution in [0.1, 0.15) is 48.7 Å². The monoisotopic (exact) mass is 719 g/mol. The van der Waals surface area contributed by atoms with Crippen molar-refractivity contribution in [3.8, 4) is 28.7 Å². The number of hydrogen-bond acceptors (Lipinski definition) is 14. The van der Waals surface area contributed by atoms with Crippen LogP contribution in [0.5, 0.6) is 17.2 Å². The highest BCUT2D eigenvalue weighted by atomic mass is 16.7. The van der Waals surface area contributed by atoms with E-state index in [0.717, 1.165) is 29.8 Å². The molecule has 0 bridgehead atoms. The molecule has 15 nitrogen and oxygen atoms in total. The first-order valence-corrected chi connectivity index (χ1v) is 17.7. The van der Waals surface area contributed by atoms with Gasteiger partial charge in [0.05, 0.1) is 37.0 Å². The lowest BCUT2D eigenvalue weighted by molar-refractivity contribution is -0.0907. The van der Waals surface area contributed by atoms with Gasteiger partial charge in [0.2, 0.25) is 12.6 Å². The summed E-state index contributed by atoms with van der Waals surface area (Å²) in [5.41, 5.74) is 3.26. The molecule has 7 rings (SSSR count). The molecule has 2 saturated heterocycles. The maximum atomic E-state index is 13.3. The summed E-state index contributed by atoms with van der Waals surface area (Å²) in [6.45, 7) is 10.6. The van der Waals surface area contributed by atoms with Crippen LogP contribution < -0.4 is 19.5 Å². The average Bonchev–Trinajstić information content (AvgIpc) is 3.96. The molecule has 2 fully saturated rings. The number of nitrogens with zero attached hydrogens (tertiary/aromatic N) is 4. The molecule has 3 aliphatic heterocycles. The molecule has 15 heteroatoms. The van der Waals surface area contributed by atoms with Gasteiger partial charge >= 0.3 is 6.09 Å². The number of ether oxygens (including phenoxy) is 6. The Morgan fingerprint density at radius 2 is 1.83 bits per heavy atom. The molecule has 2 aromatic carbocycles. The van der Waals surface area contributed by atoms with Crippen LogP contribution in [-0.2, 0) is 33.8 Å². The van der Waals surface area contributed by atoms with Crippen molar-refractivity contribution in [2.75, 3.05) is 33.1 Å². The molecule has 0 saturated carbocycles. The SMILES string of the molecule is Cc1noc(C)c1-c1nc(COc2ccc(CC(NC(=O)OC3COC4OCCC34)C(O)CN(Cc3ccc4c(c3)OCO4)CC(C)C)cc2)no1. The van der Waals surface area contributed by atoms with Crippen molar-refractivity contribution in [3.63, 3.8) is 0 Å². The number of nitrogens with one attached hydrogen (secondary N) is 1. The number of benzene rings is 2. The van der Waals surface area contributed by atoms with Crippen molar-refractivity contribution in [2.24, 2.45) is 11.8 Å². The third-order valence-corrected chi connectivity index (χ3v) is 9.39. The van der Waals surface area contributed by atoms with Gasteiger partial charge in [0.1, 0.15) is 23.2 Å². The van der Waals surface area contributed by atoms with Crippen LogP contribution in [0.2, 0.25) is 0 Å². The summed E-state index contributed by atoms with van der Waals surface area (Å²) < 4.78 is 44.7. The Bertz CT molecular complexity index is 1790. The summed E-state index contributed by atoms with van der Waals surface area (Å²) >= 11 is 0. The maximum Gasteiger partial charge on any atom is 0.407 e. The summed E-state index contributed by atoms with van der Waals surface area (Å²) in [4.78, 5) is 19.9. The number of aliphatic hydroxyl groups excluding tert-OH is 1. The van der Waals surface area contributed by atoms with E-state index in [9.17, 15) is 9.90 Å². The number of fused-ring (bicyclic) bond motifs is 2. The highest BCUT2D eigenvalue weighted by Gasteiger charge is 2.44. The second kappa shape index (κ2) is 15.9. The van der Waals surface area contributed by atoms with Crippen LogP contribution in [0, 0.1) is 25.7 Å². The predicted molar refractivity (Wildman–Crippen MR) is 183 cm³/mol. The van der Waals surface area contributed by atoms with Crippen molar-refractivity contribution in [3.05, 3.63) is 70.9 Å². The highest BCUT2D eigenvalue weighted by Crippen LogP contribution is 2.34. The van der Waals surface area contributed by atoms with Gasteiger partial charge in [-0.2, -0.15) is 4.98 Å². The van der Waals surface area contributed by atoms with E-state index in [1.165, 1.54) is 0 Å². The topological polar surface area (TPSA) is 173 Å². The summed E-state index contributed by atoms with van der Waals surface area (Å²) in [7, 11) is 0. The van der Waals surface area contributed by atoms with E-state index in [-0.39, 0.29) is 32.2 Å². The zero-order chi connectivity index (χ0) is 36.2. The van der Waals surface area contributed by atoms with E-state index in [0.29, 0.717) is 72.3 Å². The molecule has 2 aromatic heterocycles. The number of aliphatic hydroxyl groups is 1. The number of hydrogen-bond donors (Lipinski definition) is 2. The summed E-state index contributed by atoms with van der Waals surface area (Å²) in [5, 5.41) is 22.7. The van der Waals surface area contributed by atoms with E-state index in [4.69, 9.17) is 37.5 Å². The van der Waals surface area contributed by atoms with Crippen LogP contribution in [0.25, 0.3) is 11.5 Å². The number of carbonyl (C=O) groups is 1. The standard InChI is InChI=1S/C37H45N5O10/c1-21(2)15-42(16-25-7-10-30-31(14-25)49-20-48-30)17-29(43)28(38-37(44)50-32-18-47-36-27(32)11-12-45-36)13-24-5-8-26(9-6-24)46-19-33-39-35(52-41-33)34-22(3)40-51-23(34)4/h5-10,14,21,27-29,32,36,43H,11-13,15-20H2,1-4H3,(H,38,44). The van der Waals surface area contributed by atoms with Gasteiger partial charge in [-0.25, -0.2) is 4.79 Å². The third kappa shape index (κ3) is 8.49. The molecule has 52 heavy (non-hydrogen) atoms. The van der Waals surface area contributed by atoms with Gasteiger partial charge in [0.15, 0.2) is 24.4 Å². The van der Waals surface area contributed by atoms with Crippen molar-refractivity contribution in [2.45, 2.75) is 78.2 Å². The van der Waals surface area contributed by atoms with Gasteiger partial charge in [-0.15, -0.1) is 0 Å². The van der Waals surface area contributed by atoms with Crippen molar-refractivity contribution in [1.82, 2.24) is 25.5 Å². The molecule has 5 heterocycles. The fourth-order valence-corrected chi connectivity index (χ4v) is 6.89. The highest BCUT2D eigenvalue weighted by molar-refractivity contribution is 5.68. The minimum absolute atomic E-state index is 0.000155. The first-order valence-electron chi connectivity index (χ1n) is 17.7. The lowest BCUT2D eigenvalue weighted by atomic mass is 10.00. The average molecular weight is 720 g/mol. The number of aromatic nitrogens is 3.